The lowest BCUT2D eigenvalue weighted by Gasteiger charge is -2.18. The highest BCUT2D eigenvalue weighted by Crippen LogP contribution is 2.36. The molecule has 9 heteroatoms. The molecule has 0 aromatic rings. The highest BCUT2D eigenvalue weighted by atomic mass is 31.2. The van der Waals surface area contributed by atoms with Gasteiger partial charge in [-0.2, -0.15) is 0 Å². The Hall–Kier alpha value is -1.99. The number of phosphoric acid groups is 1. The number of phosphoric ester groups is 1. The first kappa shape index (κ1) is 47.0. The number of rotatable bonds is 35. The molecule has 0 saturated carbocycles. The van der Waals surface area contributed by atoms with E-state index in [0.29, 0.717) is 6.42 Å². The van der Waals surface area contributed by atoms with E-state index in [1.54, 1.807) is 0 Å². The number of ether oxygens (including phenoxy) is 2. The molecule has 0 bridgehead atoms. The topological polar surface area (TPSA) is 119 Å². The second-order valence-electron chi connectivity index (χ2n) is 12.9. The van der Waals surface area contributed by atoms with Crippen molar-refractivity contribution in [3.05, 3.63) is 48.6 Å². The molecule has 8 nitrogen and oxygen atoms in total. The number of carbonyl (C=O) groups excluding carboxylic acids is 2. The molecule has 0 spiro atoms. The minimum atomic E-state index is -4.76. The minimum absolute atomic E-state index is 0.174. The predicted molar refractivity (Wildman–Crippen MR) is 202 cm³/mol. The van der Waals surface area contributed by atoms with Crippen molar-refractivity contribution in [3.8, 4) is 0 Å². The van der Waals surface area contributed by atoms with Crippen LogP contribution >= 0.6 is 7.82 Å². The van der Waals surface area contributed by atoms with E-state index in [1.165, 1.54) is 83.5 Å². The Bertz CT molecular complexity index is 937. The third-order valence-electron chi connectivity index (χ3n) is 8.10. The van der Waals surface area contributed by atoms with E-state index in [4.69, 9.17) is 19.3 Å². The van der Waals surface area contributed by atoms with Gasteiger partial charge in [-0.25, -0.2) is 4.57 Å². The lowest BCUT2D eigenvalue weighted by molar-refractivity contribution is -0.161. The lowest BCUT2D eigenvalue weighted by atomic mass is 10.0. The monoisotopic (exact) mass is 710 g/mol. The van der Waals surface area contributed by atoms with Crippen LogP contribution in [0.4, 0.5) is 0 Å². The fourth-order valence-electron chi connectivity index (χ4n) is 5.18. The van der Waals surface area contributed by atoms with E-state index >= 15 is 0 Å². The maximum absolute atomic E-state index is 12.4. The molecule has 0 aliphatic carbocycles. The molecule has 0 radical (unpaired) electrons. The molecule has 2 N–H and O–H groups in total. The van der Waals surface area contributed by atoms with Gasteiger partial charge in [-0.15, -0.1) is 0 Å². The number of hydrogen-bond acceptors (Lipinski definition) is 6. The third kappa shape index (κ3) is 38.7. The van der Waals surface area contributed by atoms with Gasteiger partial charge in [0.25, 0.3) is 0 Å². The number of esters is 2. The van der Waals surface area contributed by atoms with Crippen molar-refractivity contribution in [1.29, 1.82) is 0 Å². The zero-order chi connectivity index (χ0) is 36.1. The van der Waals surface area contributed by atoms with E-state index in [2.05, 4.69) is 67.0 Å². The van der Waals surface area contributed by atoms with Crippen molar-refractivity contribution in [3.63, 3.8) is 0 Å². The number of carbonyl (C=O) groups is 2. The number of unbranched alkanes of at least 4 members (excludes halogenated alkanes) is 17. The SMILES string of the molecule is CCCCC/C=C\C/C=C\C/C=C\C/C=C\CCCCCC(=O)O[C@H](COC(=O)CCCCCCCCCCCCCC)COP(=O)(O)O. The summed E-state index contributed by atoms with van der Waals surface area (Å²) >= 11 is 0. The maximum Gasteiger partial charge on any atom is 0.469 e. The molecule has 0 heterocycles. The first-order valence-corrected chi connectivity index (χ1v) is 21.0. The largest absolute Gasteiger partial charge is 0.469 e. The van der Waals surface area contributed by atoms with Gasteiger partial charge in [-0.1, -0.05) is 152 Å². The molecule has 0 amide bonds. The van der Waals surface area contributed by atoms with Crippen molar-refractivity contribution in [2.75, 3.05) is 13.2 Å². The van der Waals surface area contributed by atoms with Crippen LogP contribution in [0.3, 0.4) is 0 Å². The normalized spacial score (nSPS) is 13.0. The summed E-state index contributed by atoms with van der Waals surface area (Å²) in [4.78, 5) is 42.7. The average Bonchev–Trinajstić information content (AvgIpc) is 3.07. The standard InChI is InChI=1S/C40H71O8P/c1-3-5-7-9-11-13-15-17-18-19-20-21-22-23-25-27-29-31-33-35-40(42)48-38(37-47-49(43,44)45)36-46-39(41)34-32-30-28-26-24-16-14-12-10-8-6-4-2/h11,13,17-18,20-21,23,25,38H,3-10,12,14-16,19,22,24,26-37H2,1-2H3,(H2,43,44,45)/b13-11-,18-17-,21-20-,25-23-/t38-/m1/s1. The second kappa shape index (κ2) is 35.8. The molecule has 0 saturated heterocycles. The molecular weight excluding hydrogens is 639 g/mol. The predicted octanol–water partition coefficient (Wildman–Crippen LogP) is 11.6. The van der Waals surface area contributed by atoms with Crippen LogP contribution in [-0.4, -0.2) is 41.0 Å². The van der Waals surface area contributed by atoms with E-state index in [9.17, 15) is 14.2 Å². The molecule has 0 rings (SSSR count). The van der Waals surface area contributed by atoms with Gasteiger partial charge in [0, 0.05) is 12.8 Å². The molecule has 49 heavy (non-hydrogen) atoms. The third-order valence-corrected chi connectivity index (χ3v) is 8.59. The summed E-state index contributed by atoms with van der Waals surface area (Å²) in [7, 11) is -4.76. The summed E-state index contributed by atoms with van der Waals surface area (Å²) in [5.41, 5.74) is 0. The summed E-state index contributed by atoms with van der Waals surface area (Å²) in [5, 5.41) is 0. The molecule has 0 aromatic carbocycles. The van der Waals surface area contributed by atoms with Crippen LogP contribution in [0.2, 0.25) is 0 Å². The lowest BCUT2D eigenvalue weighted by Crippen LogP contribution is -2.29. The average molecular weight is 711 g/mol. The first-order valence-electron chi connectivity index (χ1n) is 19.4. The van der Waals surface area contributed by atoms with E-state index in [-0.39, 0.29) is 19.4 Å². The summed E-state index contributed by atoms with van der Waals surface area (Å²) in [6, 6.07) is 0. The van der Waals surface area contributed by atoms with Gasteiger partial charge < -0.3 is 19.3 Å². The zero-order valence-corrected chi connectivity index (χ0v) is 32.0. The zero-order valence-electron chi connectivity index (χ0n) is 31.1. The van der Waals surface area contributed by atoms with Crippen LogP contribution in [0.15, 0.2) is 48.6 Å². The van der Waals surface area contributed by atoms with Crippen molar-refractivity contribution in [2.45, 2.75) is 180 Å². The van der Waals surface area contributed by atoms with Gasteiger partial charge in [0.2, 0.25) is 0 Å². The highest BCUT2D eigenvalue weighted by molar-refractivity contribution is 7.46. The molecular formula is C40H71O8P. The molecule has 0 fully saturated rings. The van der Waals surface area contributed by atoms with Gasteiger partial charge in [0.05, 0.1) is 6.61 Å². The molecule has 284 valence electrons. The Morgan fingerprint density at radius 1 is 0.531 bits per heavy atom. The summed E-state index contributed by atoms with van der Waals surface area (Å²) in [5.74, 6) is -0.921. The first-order chi connectivity index (χ1) is 23.8. The van der Waals surface area contributed by atoms with Crippen LogP contribution in [0.5, 0.6) is 0 Å². The van der Waals surface area contributed by atoms with Crippen molar-refractivity contribution >= 4 is 19.8 Å². The summed E-state index contributed by atoms with van der Waals surface area (Å²) < 4.78 is 26.3. The minimum Gasteiger partial charge on any atom is -0.462 e. The quantitative estimate of drug-likeness (QED) is 0.0289. The van der Waals surface area contributed by atoms with Crippen LogP contribution in [0.1, 0.15) is 174 Å². The van der Waals surface area contributed by atoms with Crippen molar-refractivity contribution in [1.82, 2.24) is 0 Å². The Labute approximate surface area is 299 Å². The van der Waals surface area contributed by atoms with Gasteiger partial charge in [-0.3, -0.25) is 14.1 Å². The van der Waals surface area contributed by atoms with Gasteiger partial charge in [0.15, 0.2) is 6.10 Å². The number of hydrogen-bond donors (Lipinski definition) is 2. The Balaban J connectivity index is 4.03. The molecule has 0 unspecified atom stereocenters. The smallest absolute Gasteiger partial charge is 0.462 e. The van der Waals surface area contributed by atoms with Crippen molar-refractivity contribution in [2.24, 2.45) is 0 Å². The van der Waals surface area contributed by atoms with Gasteiger partial charge in [-0.05, 0) is 57.8 Å². The molecule has 0 aliphatic rings. The summed E-state index contributed by atoms with van der Waals surface area (Å²) in [6.07, 6.45) is 42.6. The fraction of sp³-hybridized carbons (Fsp3) is 0.750. The number of allylic oxidation sites excluding steroid dienone is 8. The van der Waals surface area contributed by atoms with Crippen LogP contribution in [0.25, 0.3) is 0 Å². The van der Waals surface area contributed by atoms with Crippen molar-refractivity contribution < 1.29 is 37.9 Å². The van der Waals surface area contributed by atoms with E-state index < -0.39 is 32.5 Å². The van der Waals surface area contributed by atoms with E-state index in [0.717, 1.165) is 57.8 Å². The van der Waals surface area contributed by atoms with Crippen LogP contribution in [-0.2, 0) is 28.2 Å². The molecule has 1 atom stereocenters. The Morgan fingerprint density at radius 2 is 0.918 bits per heavy atom. The van der Waals surface area contributed by atoms with Crippen LogP contribution < -0.4 is 0 Å². The fourth-order valence-corrected chi connectivity index (χ4v) is 5.54. The molecule has 0 aliphatic heterocycles. The van der Waals surface area contributed by atoms with Gasteiger partial charge in [0.1, 0.15) is 6.61 Å². The highest BCUT2D eigenvalue weighted by Gasteiger charge is 2.22. The Morgan fingerprint density at radius 3 is 1.41 bits per heavy atom. The molecule has 0 aromatic heterocycles. The van der Waals surface area contributed by atoms with Gasteiger partial charge >= 0.3 is 19.8 Å². The maximum atomic E-state index is 12.4. The summed E-state index contributed by atoms with van der Waals surface area (Å²) in [6.45, 7) is 3.62. The van der Waals surface area contributed by atoms with E-state index in [1.807, 2.05) is 0 Å². The van der Waals surface area contributed by atoms with Crippen LogP contribution in [0, 0.1) is 0 Å². The second-order valence-corrected chi connectivity index (χ2v) is 14.1. The Kier molecular flexibility index (Phi) is 34.4.